The number of benzene rings is 2. The van der Waals surface area contributed by atoms with Gasteiger partial charge < -0.3 is 19.4 Å². The molecule has 0 N–H and O–H groups in total. The van der Waals surface area contributed by atoms with Crippen LogP contribution in [0.15, 0.2) is 54.6 Å². The molecule has 9 heteroatoms. The molecule has 2 saturated heterocycles. The van der Waals surface area contributed by atoms with E-state index in [1.807, 2.05) is 59.5 Å². The van der Waals surface area contributed by atoms with Crippen LogP contribution in [0.2, 0.25) is 10.0 Å². The zero-order valence-corrected chi connectivity index (χ0v) is 21.8. The first-order valence-corrected chi connectivity index (χ1v) is 13.0. The van der Waals surface area contributed by atoms with Crippen LogP contribution in [0.25, 0.3) is 11.3 Å². The number of ether oxygens (including phenoxy) is 1. The van der Waals surface area contributed by atoms with E-state index in [0.717, 1.165) is 80.6 Å². The van der Waals surface area contributed by atoms with Gasteiger partial charge in [-0.15, -0.1) is 10.2 Å². The number of piperidine rings is 1. The Bertz CT molecular complexity index is 1210. The van der Waals surface area contributed by atoms with Crippen molar-refractivity contribution in [1.82, 2.24) is 15.1 Å². The minimum Gasteiger partial charge on any atom is -0.496 e. The summed E-state index contributed by atoms with van der Waals surface area (Å²) in [5.74, 6) is 1.94. The second kappa shape index (κ2) is 10.9. The lowest BCUT2D eigenvalue weighted by Crippen LogP contribution is -2.51. The highest BCUT2D eigenvalue weighted by atomic mass is 35.5. The van der Waals surface area contributed by atoms with Gasteiger partial charge in [0.05, 0.1) is 22.8 Å². The molecule has 5 rings (SSSR count). The number of para-hydroxylation sites is 1. The van der Waals surface area contributed by atoms with E-state index < -0.39 is 0 Å². The number of piperazine rings is 1. The SMILES string of the molecule is COc1ccccc1-c1ccc(N2CCC(C(=O)N3CCN(c4ccc(Cl)c(Cl)c4)CC3)CC2)nn1. The Morgan fingerprint density at radius 3 is 2.28 bits per heavy atom. The molecule has 1 amide bonds. The van der Waals surface area contributed by atoms with Crippen molar-refractivity contribution >= 4 is 40.6 Å². The first-order valence-electron chi connectivity index (χ1n) is 12.2. The van der Waals surface area contributed by atoms with Crippen LogP contribution < -0.4 is 14.5 Å². The number of hydrogen-bond acceptors (Lipinski definition) is 6. The van der Waals surface area contributed by atoms with E-state index in [2.05, 4.69) is 20.0 Å². The summed E-state index contributed by atoms with van der Waals surface area (Å²) in [5.41, 5.74) is 2.74. The van der Waals surface area contributed by atoms with Gasteiger partial charge in [0.15, 0.2) is 5.82 Å². The van der Waals surface area contributed by atoms with E-state index in [1.165, 1.54) is 0 Å². The van der Waals surface area contributed by atoms with Crippen molar-refractivity contribution in [3.8, 4) is 17.0 Å². The number of carbonyl (C=O) groups is 1. The highest BCUT2D eigenvalue weighted by molar-refractivity contribution is 6.42. The van der Waals surface area contributed by atoms with Crippen molar-refractivity contribution in [2.24, 2.45) is 5.92 Å². The number of methoxy groups -OCH3 is 1. The Labute approximate surface area is 221 Å². The maximum Gasteiger partial charge on any atom is 0.225 e. The summed E-state index contributed by atoms with van der Waals surface area (Å²) in [7, 11) is 1.65. The Morgan fingerprint density at radius 1 is 0.861 bits per heavy atom. The zero-order chi connectivity index (χ0) is 25.1. The van der Waals surface area contributed by atoms with Crippen LogP contribution >= 0.6 is 23.2 Å². The number of anilines is 2. The zero-order valence-electron chi connectivity index (χ0n) is 20.2. The average molecular weight is 526 g/mol. The summed E-state index contributed by atoms with van der Waals surface area (Å²) >= 11 is 12.2. The Kier molecular flexibility index (Phi) is 7.48. The van der Waals surface area contributed by atoms with E-state index in [4.69, 9.17) is 27.9 Å². The van der Waals surface area contributed by atoms with Crippen molar-refractivity contribution in [1.29, 1.82) is 0 Å². The molecule has 3 heterocycles. The van der Waals surface area contributed by atoms with Crippen LogP contribution in [0.3, 0.4) is 0 Å². The number of rotatable bonds is 5. The molecule has 2 fully saturated rings. The number of carbonyl (C=O) groups excluding carboxylic acids is 1. The van der Waals surface area contributed by atoms with Gasteiger partial charge >= 0.3 is 0 Å². The molecular formula is C27H29Cl2N5O2. The van der Waals surface area contributed by atoms with Crippen molar-refractivity contribution in [2.45, 2.75) is 12.8 Å². The summed E-state index contributed by atoms with van der Waals surface area (Å²) in [4.78, 5) is 19.7. The third-order valence-electron chi connectivity index (χ3n) is 7.06. The predicted octanol–water partition coefficient (Wildman–Crippen LogP) is 5.02. The third kappa shape index (κ3) is 5.22. The molecule has 2 aliphatic heterocycles. The van der Waals surface area contributed by atoms with Crippen molar-refractivity contribution in [3.05, 3.63) is 64.6 Å². The van der Waals surface area contributed by atoms with Crippen LogP contribution in [0.4, 0.5) is 11.5 Å². The second-order valence-corrected chi connectivity index (χ2v) is 9.96. The van der Waals surface area contributed by atoms with Gasteiger partial charge in [-0.05, 0) is 55.3 Å². The third-order valence-corrected chi connectivity index (χ3v) is 7.80. The summed E-state index contributed by atoms with van der Waals surface area (Å²) in [6.07, 6.45) is 1.64. The molecule has 3 aromatic rings. The molecule has 0 unspecified atom stereocenters. The molecule has 0 bridgehead atoms. The highest BCUT2D eigenvalue weighted by Crippen LogP contribution is 2.30. The van der Waals surface area contributed by atoms with Crippen LogP contribution in [0.5, 0.6) is 5.75 Å². The van der Waals surface area contributed by atoms with Gasteiger partial charge in [0.1, 0.15) is 5.75 Å². The van der Waals surface area contributed by atoms with E-state index in [9.17, 15) is 4.79 Å². The molecule has 36 heavy (non-hydrogen) atoms. The fourth-order valence-electron chi connectivity index (χ4n) is 4.97. The van der Waals surface area contributed by atoms with Crippen LogP contribution in [0, 0.1) is 5.92 Å². The Balaban J connectivity index is 1.14. The normalized spacial score (nSPS) is 16.8. The minimum atomic E-state index is 0.0542. The van der Waals surface area contributed by atoms with E-state index in [1.54, 1.807) is 7.11 Å². The van der Waals surface area contributed by atoms with Gasteiger partial charge in [0.2, 0.25) is 5.91 Å². The molecule has 0 spiro atoms. The van der Waals surface area contributed by atoms with E-state index >= 15 is 0 Å². The van der Waals surface area contributed by atoms with E-state index in [0.29, 0.717) is 10.0 Å². The molecule has 1 aromatic heterocycles. The van der Waals surface area contributed by atoms with Crippen molar-refractivity contribution in [3.63, 3.8) is 0 Å². The molecule has 2 aliphatic rings. The minimum absolute atomic E-state index is 0.0542. The standard InChI is InChI=1S/C27H29Cl2N5O2/c1-36-25-5-3-2-4-21(25)24-8-9-26(31-30-24)33-12-10-19(11-13-33)27(35)34-16-14-32(15-17-34)20-6-7-22(28)23(29)18-20/h2-9,18-19H,10-17H2,1H3. The maximum absolute atomic E-state index is 13.2. The number of aromatic nitrogens is 2. The number of halogens is 2. The summed E-state index contributed by atoms with van der Waals surface area (Å²) in [6.45, 7) is 4.60. The predicted molar refractivity (Wildman–Crippen MR) is 144 cm³/mol. The first-order chi connectivity index (χ1) is 17.5. The van der Waals surface area contributed by atoms with Crippen LogP contribution in [-0.4, -0.2) is 67.4 Å². The molecule has 7 nitrogen and oxygen atoms in total. The van der Waals surface area contributed by atoms with Gasteiger partial charge in [-0.3, -0.25) is 4.79 Å². The lowest BCUT2D eigenvalue weighted by molar-refractivity contribution is -0.136. The Hall–Kier alpha value is -3.03. The van der Waals surface area contributed by atoms with E-state index in [-0.39, 0.29) is 11.8 Å². The van der Waals surface area contributed by atoms with Gasteiger partial charge in [0, 0.05) is 56.4 Å². The number of nitrogens with zero attached hydrogens (tertiary/aromatic N) is 5. The maximum atomic E-state index is 13.2. The second-order valence-electron chi connectivity index (χ2n) is 9.15. The Morgan fingerprint density at radius 2 is 1.61 bits per heavy atom. The van der Waals surface area contributed by atoms with Gasteiger partial charge in [-0.2, -0.15) is 0 Å². The lowest BCUT2D eigenvalue weighted by Gasteiger charge is -2.39. The highest BCUT2D eigenvalue weighted by Gasteiger charge is 2.31. The topological polar surface area (TPSA) is 61.8 Å². The van der Waals surface area contributed by atoms with Gasteiger partial charge in [-0.25, -0.2) is 0 Å². The average Bonchev–Trinajstić information content (AvgIpc) is 2.94. The molecule has 0 atom stereocenters. The molecule has 0 saturated carbocycles. The number of hydrogen-bond donors (Lipinski definition) is 0. The molecular weight excluding hydrogens is 497 g/mol. The van der Waals surface area contributed by atoms with Gasteiger partial charge in [0.25, 0.3) is 0 Å². The lowest BCUT2D eigenvalue weighted by atomic mass is 9.95. The molecule has 2 aromatic carbocycles. The van der Waals surface area contributed by atoms with Crippen molar-refractivity contribution < 1.29 is 9.53 Å². The summed E-state index contributed by atoms with van der Waals surface area (Å²) in [6, 6.07) is 17.5. The van der Waals surface area contributed by atoms with Crippen LogP contribution in [0.1, 0.15) is 12.8 Å². The molecule has 0 radical (unpaired) electrons. The van der Waals surface area contributed by atoms with Crippen molar-refractivity contribution in [2.75, 3.05) is 56.2 Å². The van der Waals surface area contributed by atoms with Gasteiger partial charge in [-0.1, -0.05) is 35.3 Å². The number of amides is 1. The first kappa shape index (κ1) is 24.7. The largest absolute Gasteiger partial charge is 0.496 e. The summed E-state index contributed by atoms with van der Waals surface area (Å²) < 4.78 is 5.44. The monoisotopic (exact) mass is 525 g/mol. The fourth-order valence-corrected chi connectivity index (χ4v) is 5.27. The molecule has 188 valence electrons. The quantitative estimate of drug-likeness (QED) is 0.465. The smallest absolute Gasteiger partial charge is 0.225 e. The molecule has 0 aliphatic carbocycles. The summed E-state index contributed by atoms with van der Waals surface area (Å²) in [5, 5.41) is 10.0. The van der Waals surface area contributed by atoms with Crippen LogP contribution in [-0.2, 0) is 4.79 Å². The fraction of sp³-hybridized carbons (Fsp3) is 0.370.